The summed E-state index contributed by atoms with van der Waals surface area (Å²) in [6.07, 6.45) is 3.80. The molecule has 0 aliphatic heterocycles. The minimum Gasteiger partial charge on any atom is -0.333 e. The van der Waals surface area contributed by atoms with Crippen molar-refractivity contribution >= 4 is 5.91 Å². The van der Waals surface area contributed by atoms with Crippen molar-refractivity contribution in [3.05, 3.63) is 34.2 Å². The third-order valence-corrected chi connectivity index (χ3v) is 3.08. The lowest BCUT2D eigenvalue weighted by Crippen LogP contribution is -2.39. The van der Waals surface area contributed by atoms with Gasteiger partial charge in [-0.25, -0.2) is 0 Å². The van der Waals surface area contributed by atoms with E-state index in [1.807, 2.05) is 18.7 Å². The third-order valence-electron chi connectivity index (χ3n) is 3.08. The van der Waals surface area contributed by atoms with Gasteiger partial charge in [-0.3, -0.25) is 9.59 Å². The lowest BCUT2D eigenvalue weighted by Gasteiger charge is -2.26. The predicted molar refractivity (Wildman–Crippen MR) is 66.0 cm³/mol. The van der Waals surface area contributed by atoms with Crippen LogP contribution in [0.15, 0.2) is 23.1 Å². The number of amides is 1. The van der Waals surface area contributed by atoms with E-state index in [9.17, 15) is 9.59 Å². The summed E-state index contributed by atoms with van der Waals surface area (Å²) in [7, 11) is 1.68. The van der Waals surface area contributed by atoms with Crippen LogP contribution in [0.1, 0.15) is 37.0 Å². The first-order valence-corrected chi connectivity index (χ1v) is 6.00. The van der Waals surface area contributed by atoms with Gasteiger partial charge in [-0.1, -0.05) is 0 Å². The monoisotopic (exact) mass is 234 g/mol. The smallest absolute Gasteiger partial charge is 0.254 e. The molecular weight excluding hydrogens is 216 g/mol. The first kappa shape index (κ1) is 11.9. The highest BCUT2D eigenvalue weighted by Crippen LogP contribution is 2.29. The van der Waals surface area contributed by atoms with Crippen molar-refractivity contribution in [2.75, 3.05) is 0 Å². The molecule has 0 unspecified atom stereocenters. The van der Waals surface area contributed by atoms with E-state index < -0.39 is 0 Å². The molecule has 1 amide bonds. The molecule has 0 spiro atoms. The summed E-state index contributed by atoms with van der Waals surface area (Å²) in [5.74, 6) is -0.0276. The van der Waals surface area contributed by atoms with Gasteiger partial charge in [0.1, 0.15) is 0 Å². The summed E-state index contributed by atoms with van der Waals surface area (Å²) in [4.78, 5) is 25.7. The van der Waals surface area contributed by atoms with Gasteiger partial charge in [-0.15, -0.1) is 0 Å². The van der Waals surface area contributed by atoms with Gasteiger partial charge in [0.15, 0.2) is 0 Å². The molecule has 1 aliphatic carbocycles. The molecule has 0 saturated heterocycles. The Balaban J connectivity index is 2.28. The number of aryl methyl sites for hydroxylation is 1. The fourth-order valence-corrected chi connectivity index (χ4v) is 2.01. The minimum absolute atomic E-state index is 0.0276. The van der Waals surface area contributed by atoms with Crippen molar-refractivity contribution < 1.29 is 4.79 Å². The molecule has 0 N–H and O–H groups in total. The van der Waals surface area contributed by atoms with Gasteiger partial charge in [0, 0.05) is 37.0 Å². The van der Waals surface area contributed by atoms with Crippen LogP contribution in [0.2, 0.25) is 0 Å². The van der Waals surface area contributed by atoms with E-state index in [4.69, 9.17) is 0 Å². The molecule has 0 bridgehead atoms. The van der Waals surface area contributed by atoms with Gasteiger partial charge in [0.05, 0.1) is 0 Å². The maximum atomic E-state index is 12.3. The Hall–Kier alpha value is -1.58. The number of rotatable bonds is 3. The predicted octanol–water partition coefficient (Wildman–Crippen LogP) is 1.40. The van der Waals surface area contributed by atoms with Crippen LogP contribution >= 0.6 is 0 Å². The molecule has 1 aromatic rings. The van der Waals surface area contributed by atoms with E-state index in [1.165, 1.54) is 10.6 Å². The summed E-state index contributed by atoms with van der Waals surface area (Å²) >= 11 is 0. The summed E-state index contributed by atoms with van der Waals surface area (Å²) in [6, 6.07) is 3.67. The molecule has 92 valence electrons. The highest BCUT2D eigenvalue weighted by molar-refractivity contribution is 5.94. The molecule has 4 heteroatoms. The Morgan fingerprint density at radius 2 is 2.12 bits per heavy atom. The van der Waals surface area contributed by atoms with Crippen molar-refractivity contribution in [1.82, 2.24) is 9.47 Å². The van der Waals surface area contributed by atoms with Crippen molar-refractivity contribution in [1.29, 1.82) is 0 Å². The molecule has 2 rings (SSSR count). The maximum Gasteiger partial charge on any atom is 0.254 e. The largest absolute Gasteiger partial charge is 0.333 e. The molecule has 0 radical (unpaired) electrons. The summed E-state index contributed by atoms with van der Waals surface area (Å²) in [5.41, 5.74) is 0.351. The van der Waals surface area contributed by atoms with Crippen LogP contribution < -0.4 is 5.56 Å². The molecule has 1 saturated carbocycles. The normalized spacial score (nSPS) is 15.1. The SMILES string of the molecule is CC(C)N(C(=O)c1ccn(C)c(=O)c1)C1CC1. The van der Waals surface area contributed by atoms with E-state index in [2.05, 4.69) is 0 Å². The second kappa shape index (κ2) is 4.35. The van der Waals surface area contributed by atoms with Gasteiger partial charge in [0.2, 0.25) is 0 Å². The van der Waals surface area contributed by atoms with Crippen molar-refractivity contribution in [3.8, 4) is 0 Å². The number of hydrogen-bond acceptors (Lipinski definition) is 2. The number of aromatic nitrogens is 1. The zero-order valence-electron chi connectivity index (χ0n) is 10.5. The van der Waals surface area contributed by atoms with Crippen LogP contribution in [-0.2, 0) is 7.05 Å². The van der Waals surface area contributed by atoms with Crippen LogP contribution in [0.25, 0.3) is 0 Å². The molecule has 17 heavy (non-hydrogen) atoms. The fourth-order valence-electron chi connectivity index (χ4n) is 2.01. The van der Waals surface area contributed by atoms with Crippen LogP contribution in [-0.4, -0.2) is 27.5 Å². The van der Waals surface area contributed by atoms with Gasteiger partial charge < -0.3 is 9.47 Å². The summed E-state index contributed by atoms with van der Waals surface area (Å²) < 4.78 is 1.47. The van der Waals surface area contributed by atoms with E-state index >= 15 is 0 Å². The van der Waals surface area contributed by atoms with Crippen LogP contribution in [0.5, 0.6) is 0 Å². The first-order chi connectivity index (χ1) is 8.00. The van der Waals surface area contributed by atoms with Gasteiger partial charge in [-0.2, -0.15) is 0 Å². The molecule has 1 aliphatic rings. The Morgan fingerprint density at radius 1 is 1.47 bits per heavy atom. The Morgan fingerprint density at radius 3 is 2.59 bits per heavy atom. The number of carbonyl (C=O) groups is 1. The molecule has 4 nitrogen and oxygen atoms in total. The maximum absolute atomic E-state index is 12.3. The number of pyridine rings is 1. The minimum atomic E-state index is -0.143. The topological polar surface area (TPSA) is 42.3 Å². The second-order valence-corrected chi connectivity index (χ2v) is 4.90. The average molecular weight is 234 g/mol. The van der Waals surface area contributed by atoms with Crippen molar-refractivity contribution in [2.24, 2.45) is 7.05 Å². The second-order valence-electron chi connectivity index (χ2n) is 4.90. The van der Waals surface area contributed by atoms with E-state index in [-0.39, 0.29) is 17.5 Å². The lowest BCUT2D eigenvalue weighted by molar-refractivity contribution is 0.0690. The summed E-state index contributed by atoms with van der Waals surface area (Å²) in [6.45, 7) is 4.02. The lowest BCUT2D eigenvalue weighted by atomic mass is 10.2. The van der Waals surface area contributed by atoms with Crippen molar-refractivity contribution in [3.63, 3.8) is 0 Å². The zero-order chi connectivity index (χ0) is 12.6. The highest BCUT2D eigenvalue weighted by atomic mass is 16.2. The number of hydrogen-bond donors (Lipinski definition) is 0. The highest BCUT2D eigenvalue weighted by Gasteiger charge is 2.34. The van der Waals surface area contributed by atoms with Crippen LogP contribution in [0, 0.1) is 0 Å². The van der Waals surface area contributed by atoms with Gasteiger partial charge >= 0.3 is 0 Å². The van der Waals surface area contributed by atoms with E-state index in [0.717, 1.165) is 12.8 Å². The number of carbonyl (C=O) groups excluding carboxylic acids is 1. The molecule has 0 atom stereocenters. The third kappa shape index (κ3) is 2.40. The first-order valence-electron chi connectivity index (χ1n) is 6.00. The standard InChI is InChI=1S/C13H18N2O2/c1-9(2)15(11-4-5-11)13(17)10-6-7-14(3)12(16)8-10/h6-9,11H,4-5H2,1-3H3. The molecular formula is C13H18N2O2. The van der Waals surface area contributed by atoms with Gasteiger partial charge in [-0.05, 0) is 32.8 Å². The van der Waals surface area contributed by atoms with E-state index in [1.54, 1.807) is 19.3 Å². The van der Waals surface area contributed by atoms with Gasteiger partial charge in [0.25, 0.3) is 11.5 Å². The molecule has 1 heterocycles. The van der Waals surface area contributed by atoms with E-state index in [0.29, 0.717) is 11.6 Å². The average Bonchev–Trinajstić information content (AvgIpc) is 3.06. The number of nitrogens with zero attached hydrogens (tertiary/aromatic N) is 2. The molecule has 1 aromatic heterocycles. The molecule has 1 fully saturated rings. The zero-order valence-corrected chi connectivity index (χ0v) is 10.5. The Bertz CT molecular complexity index is 484. The fraction of sp³-hybridized carbons (Fsp3) is 0.538. The van der Waals surface area contributed by atoms with Crippen LogP contribution in [0.4, 0.5) is 0 Å². The van der Waals surface area contributed by atoms with Crippen molar-refractivity contribution in [2.45, 2.75) is 38.8 Å². The quantitative estimate of drug-likeness (QED) is 0.793. The Labute approximate surface area is 101 Å². The van der Waals surface area contributed by atoms with Crippen LogP contribution in [0.3, 0.4) is 0 Å². The Kier molecular flexibility index (Phi) is 3.05. The molecule has 0 aromatic carbocycles. The summed E-state index contributed by atoms with van der Waals surface area (Å²) in [5, 5.41) is 0.